The Morgan fingerprint density at radius 1 is 1.31 bits per heavy atom. The Morgan fingerprint density at radius 2 is 1.77 bits per heavy atom. The molecule has 0 aliphatic heterocycles. The van der Waals surface area contributed by atoms with E-state index in [4.69, 9.17) is 4.74 Å². The van der Waals surface area contributed by atoms with Crippen molar-refractivity contribution in [2.45, 2.75) is 59.5 Å². The molecule has 2 heteroatoms. The van der Waals surface area contributed by atoms with Crippen LogP contribution in [0, 0.1) is 5.92 Å². The minimum atomic E-state index is -0.263. The van der Waals surface area contributed by atoms with Gasteiger partial charge in [-0.15, -0.1) is 0 Å². The third-order valence-electron chi connectivity index (χ3n) is 2.86. The Labute approximate surface area is 81.7 Å². The second-order valence-electron chi connectivity index (χ2n) is 3.89. The molecule has 0 aromatic carbocycles. The quantitative estimate of drug-likeness (QED) is 0.616. The predicted octanol–water partition coefficient (Wildman–Crippen LogP) is 3.15. The SMILES string of the molecule is CCC(C)C(=O)OC(C)(CC)CC. The number of carbonyl (C=O) groups is 1. The summed E-state index contributed by atoms with van der Waals surface area (Å²) in [6.45, 7) is 10.0. The van der Waals surface area contributed by atoms with Gasteiger partial charge in [0.2, 0.25) is 0 Å². The molecule has 1 atom stereocenters. The number of hydrogen-bond acceptors (Lipinski definition) is 2. The molecule has 0 spiro atoms. The number of esters is 1. The van der Waals surface area contributed by atoms with Crippen LogP contribution in [0.4, 0.5) is 0 Å². The first-order valence-electron chi connectivity index (χ1n) is 5.22. The minimum absolute atomic E-state index is 0.0254. The van der Waals surface area contributed by atoms with Gasteiger partial charge in [0.1, 0.15) is 5.60 Å². The van der Waals surface area contributed by atoms with Crippen molar-refractivity contribution < 1.29 is 9.53 Å². The predicted molar refractivity (Wildman–Crippen MR) is 54.5 cm³/mol. The van der Waals surface area contributed by atoms with Crippen LogP contribution in [-0.4, -0.2) is 11.6 Å². The molecule has 0 aliphatic rings. The maximum Gasteiger partial charge on any atom is 0.309 e. The average Bonchev–Trinajstić information content (AvgIpc) is 2.16. The fraction of sp³-hybridized carbons (Fsp3) is 0.909. The van der Waals surface area contributed by atoms with E-state index in [0.29, 0.717) is 0 Å². The molecule has 2 nitrogen and oxygen atoms in total. The summed E-state index contributed by atoms with van der Waals surface area (Å²) in [6, 6.07) is 0. The van der Waals surface area contributed by atoms with E-state index < -0.39 is 0 Å². The van der Waals surface area contributed by atoms with Crippen LogP contribution in [0.5, 0.6) is 0 Å². The van der Waals surface area contributed by atoms with Gasteiger partial charge in [-0.1, -0.05) is 27.7 Å². The highest BCUT2D eigenvalue weighted by atomic mass is 16.6. The van der Waals surface area contributed by atoms with E-state index in [1.54, 1.807) is 0 Å². The lowest BCUT2D eigenvalue weighted by molar-refractivity contribution is -0.163. The number of rotatable bonds is 5. The molecule has 78 valence electrons. The van der Waals surface area contributed by atoms with E-state index >= 15 is 0 Å². The monoisotopic (exact) mass is 186 g/mol. The van der Waals surface area contributed by atoms with Crippen LogP contribution in [0.15, 0.2) is 0 Å². The Balaban J connectivity index is 4.17. The zero-order valence-corrected chi connectivity index (χ0v) is 9.52. The summed E-state index contributed by atoms with van der Waals surface area (Å²) in [5.74, 6) is -0.0360. The first-order chi connectivity index (χ1) is 5.99. The number of ether oxygens (including phenoxy) is 1. The largest absolute Gasteiger partial charge is 0.459 e. The van der Waals surface area contributed by atoms with Gasteiger partial charge < -0.3 is 4.74 Å². The van der Waals surface area contributed by atoms with E-state index in [1.165, 1.54) is 0 Å². The molecule has 0 fully saturated rings. The second kappa shape index (κ2) is 5.25. The molecule has 0 N–H and O–H groups in total. The van der Waals surface area contributed by atoms with Crippen LogP contribution in [0.25, 0.3) is 0 Å². The van der Waals surface area contributed by atoms with Gasteiger partial charge in [-0.2, -0.15) is 0 Å². The number of hydrogen-bond donors (Lipinski definition) is 0. The van der Waals surface area contributed by atoms with E-state index in [1.807, 2.05) is 34.6 Å². The third kappa shape index (κ3) is 3.79. The Hall–Kier alpha value is -0.530. The topological polar surface area (TPSA) is 26.3 Å². The Kier molecular flexibility index (Phi) is 5.04. The minimum Gasteiger partial charge on any atom is -0.459 e. The maximum absolute atomic E-state index is 11.5. The van der Waals surface area contributed by atoms with E-state index in [0.717, 1.165) is 19.3 Å². The van der Waals surface area contributed by atoms with E-state index in [9.17, 15) is 4.79 Å². The first-order valence-corrected chi connectivity index (χ1v) is 5.22. The third-order valence-corrected chi connectivity index (χ3v) is 2.86. The zero-order chi connectivity index (χ0) is 10.5. The lowest BCUT2D eigenvalue weighted by Crippen LogP contribution is -2.32. The highest BCUT2D eigenvalue weighted by Gasteiger charge is 2.26. The second-order valence-corrected chi connectivity index (χ2v) is 3.89. The van der Waals surface area contributed by atoms with Gasteiger partial charge in [0.15, 0.2) is 0 Å². The summed E-state index contributed by atoms with van der Waals surface area (Å²) >= 11 is 0. The summed E-state index contributed by atoms with van der Waals surface area (Å²) in [5.41, 5.74) is -0.263. The van der Waals surface area contributed by atoms with Crippen molar-refractivity contribution in [3.63, 3.8) is 0 Å². The fourth-order valence-corrected chi connectivity index (χ4v) is 0.904. The summed E-state index contributed by atoms with van der Waals surface area (Å²) < 4.78 is 5.45. The maximum atomic E-state index is 11.5. The standard InChI is InChI=1S/C11H22O2/c1-6-9(4)10(12)13-11(5,7-2)8-3/h9H,6-8H2,1-5H3. The van der Waals surface area contributed by atoms with Crippen LogP contribution < -0.4 is 0 Å². The molecule has 0 saturated carbocycles. The molecule has 0 bridgehead atoms. The van der Waals surface area contributed by atoms with Crippen LogP contribution in [0.2, 0.25) is 0 Å². The molecule has 0 aromatic heterocycles. The number of carbonyl (C=O) groups excluding carboxylic acids is 1. The molecular formula is C11H22O2. The van der Waals surface area contributed by atoms with Crippen LogP contribution in [0.1, 0.15) is 53.9 Å². The van der Waals surface area contributed by atoms with Crippen LogP contribution >= 0.6 is 0 Å². The van der Waals surface area contributed by atoms with Crippen molar-refractivity contribution in [1.29, 1.82) is 0 Å². The molecule has 0 saturated heterocycles. The van der Waals surface area contributed by atoms with E-state index in [-0.39, 0.29) is 17.5 Å². The molecule has 0 heterocycles. The van der Waals surface area contributed by atoms with Gasteiger partial charge in [-0.25, -0.2) is 0 Å². The highest BCUT2D eigenvalue weighted by molar-refractivity contribution is 5.72. The molecule has 0 radical (unpaired) electrons. The normalized spacial score (nSPS) is 13.9. The summed E-state index contributed by atoms with van der Waals surface area (Å²) in [6.07, 6.45) is 2.61. The van der Waals surface area contributed by atoms with Gasteiger partial charge in [0.05, 0.1) is 5.92 Å². The molecule has 0 aromatic rings. The Morgan fingerprint density at radius 3 is 2.08 bits per heavy atom. The average molecular weight is 186 g/mol. The van der Waals surface area contributed by atoms with Crippen molar-refractivity contribution in [3.8, 4) is 0 Å². The van der Waals surface area contributed by atoms with Gasteiger partial charge in [0, 0.05) is 0 Å². The zero-order valence-electron chi connectivity index (χ0n) is 9.52. The van der Waals surface area contributed by atoms with Gasteiger partial charge in [0.25, 0.3) is 0 Å². The molecule has 0 rings (SSSR count). The summed E-state index contributed by atoms with van der Waals surface area (Å²) in [5, 5.41) is 0. The summed E-state index contributed by atoms with van der Waals surface area (Å²) in [4.78, 5) is 11.5. The first kappa shape index (κ1) is 12.5. The summed E-state index contributed by atoms with van der Waals surface area (Å²) in [7, 11) is 0. The van der Waals surface area contributed by atoms with Crippen molar-refractivity contribution in [3.05, 3.63) is 0 Å². The molecule has 13 heavy (non-hydrogen) atoms. The van der Waals surface area contributed by atoms with Gasteiger partial charge >= 0.3 is 5.97 Å². The molecule has 0 aliphatic carbocycles. The molecule has 0 amide bonds. The van der Waals surface area contributed by atoms with Gasteiger partial charge in [-0.05, 0) is 26.2 Å². The molecule has 1 unspecified atom stereocenters. The molecular weight excluding hydrogens is 164 g/mol. The lowest BCUT2D eigenvalue weighted by atomic mass is 9.99. The van der Waals surface area contributed by atoms with Crippen LogP contribution in [-0.2, 0) is 9.53 Å². The smallest absolute Gasteiger partial charge is 0.309 e. The van der Waals surface area contributed by atoms with Crippen molar-refractivity contribution in [2.75, 3.05) is 0 Å². The van der Waals surface area contributed by atoms with Crippen LogP contribution in [0.3, 0.4) is 0 Å². The highest BCUT2D eigenvalue weighted by Crippen LogP contribution is 2.21. The van der Waals surface area contributed by atoms with Crippen molar-refractivity contribution in [2.24, 2.45) is 5.92 Å². The van der Waals surface area contributed by atoms with Gasteiger partial charge in [-0.3, -0.25) is 4.79 Å². The van der Waals surface area contributed by atoms with E-state index in [2.05, 4.69) is 0 Å². The van der Waals surface area contributed by atoms with Crippen molar-refractivity contribution in [1.82, 2.24) is 0 Å². The lowest BCUT2D eigenvalue weighted by Gasteiger charge is -2.28. The fourth-order valence-electron chi connectivity index (χ4n) is 0.904. The Bertz CT molecular complexity index is 159. The van der Waals surface area contributed by atoms with Crippen molar-refractivity contribution >= 4 is 5.97 Å².